The van der Waals surface area contributed by atoms with Gasteiger partial charge in [0.1, 0.15) is 0 Å². The molecule has 2 aliphatic heterocycles. The quantitative estimate of drug-likeness (QED) is 0.106. The van der Waals surface area contributed by atoms with Crippen LogP contribution < -0.4 is 10.6 Å². The van der Waals surface area contributed by atoms with E-state index in [1.807, 2.05) is 0 Å². The van der Waals surface area contributed by atoms with Crippen molar-refractivity contribution in [2.75, 3.05) is 0 Å². The molecule has 4 nitrogen and oxygen atoms in total. The molecule has 7 aromatic rings. The normalized spacial score (nSPS) is 22.0. The third kappa shape index (κ3) is 9.30. The van der Waals surface area contributed by atoms with Crippen LogP contribution in [0.3, 0.4) is 0 Å². The zero-order valence-electron chi connectivity index (χ0n) is 34.4. The molecule has 6 heteroatoms. The molecular weight excluding hydrogens is 846 g/mol. The van der Waals surface area contributed by atoms with Gasteiger partial charge in [0.25, 0.3) is 0 Å². The number of rotatable bonds is 10. The minimum absolute atomic E-state index is 0.0663. The van der Waals surface area contributed by atoms with Crippen LogP contribution in [0.1, 0.15) is 107 Å². The molecule has 2 N–H and O–H groups in total. The van der Waals surface area contributed by atoms with Crippen molar-refractivity contribution in [3.8, 4) is 0 Å². The van der Waals surface area contributed by atoms with E-state index in [2.05, 4.69) is 269 Å². The van der Waals surface area contributed by atoms with Gasteiger partial charge in [-0.1, -0.05) is 203 Å². The van der Waals surface area contributed by atoms with Gasteiger partial charge in [0, 0.05) is 13.1 Å². The maximum atomic E-state index is 4.49. The molecule has 0 bridgehead atoms. The molecule has 0 aromatic heterocycles. The van der Waals surface area contributed by atoms with Crippen molar-refractivity contribution in [1.29, 1.82) is 0 Å². The van der Waals surface area contributed by atoms with Gasteiger partial charge in [0.15, 0.2) is 0 Å². The van der Waals surface area contributed by atoms with E-state index in [1.54, 1.807) is 0 Å². The second-order valence-electron chi connectivity index (χ2n) is 17.0. The molecule has 6 atom stereocenters. The fourth-order valence-electron chi connectivity index (χ4n) is 9.21. The van der Waals surface area contributed by atoms with E-state index in [-0.39, 0.29) is 41.9 Å². The van der Waals surface area contributed by atoms with Crippen LogP contribution in [0.25, 0.3) is 0 Å². The molecule has 0 radical (unpaired) electrons. The van der Waals surface area contributed by atoms with Crippen LogP contribution in [0.4, 0.5) is 0 Å². The third-order valence-corrected chi connectivity index (χ3v) is 12.1. The topological polar surface area (TPSA) is 30.5 Å². The molecule has 2 unspecified atom stereocenters. The second kappa shape index (κ2) is 19.4. The van der Waals surface area contributed by atoms with E-state index in [4.69, 9.17) is 0 Å². The van der Waals surface area contributed by atoms with Gasteiger partial charge in [-0.25, -0.2) is 0 Å². The SMILES string of the molecule is CC(C)(C)c1cc(C2N[C@H](c3ccccc3)[C@@H](c3ccccc3)N2Cc2ccccc2)[c-]c(C2N[C@H](c3ccccc3)[C@@H](c3ccccc3)N2Cc2ccccc2)c1.[Cl][Pd+]. The summed E-state index contributed by atoms with van der Waals surface area (Å²) in [6, 6.07) is 75.3. The summed E-state index contributed by atoms with van der Waals surface area (Å²) in [5.74, 6) is 0. The number of nitrogens with one attached hydrogen (secondary N) is 2. The summed E-state index contributed by atoms with van der Waals surface area (Å²) >= 11 is 2.22. The molecule has 0 saturated carbocycles. The van der Waals surface area contributed by atoms with Crippen LogP contribution in [-0.2, 0) is 36.7 Å². The Bertz CT molecular complexity index is 2220. The summed E-state index contributed by atoms with van der Waals surface area (Å²) < 4.78 is 0. The zero-order valence-corrected chi connectivity index (χ0v) is 36.8. The summed E-state index contributed by atoms with van der Waals surface area (Å²) in [5, 5.41) is 8.44. The summed E-state index contributed by atoms with van der Waals surface area (Å²) in [7, 11) is 4.49. The zero-order chi connectivity index (χ0) is 41.5. The van der Waals surface area contributed by atoms with Crippen LogP contribution in [0.15, 0.2) is 194 Å². The Labute approximate surface area is 372 Å². The van der Waals surface area contributed by atoms with Gasteiger partial charge in [-0.3, -0.25) is 20.4 Å². The number of nitrogens with zero attached hydrogens (tertiary/aromatic N) is 2. The first kappa shape index (κ1) is 42.0. The molecule has 2 saturated heterocycles. The van der Waals surface area contributed by atoms with Crippen molar-refractivity contribution >= 4 is 9.53 Å². The molecule has 306 valence electrons. The van der Waals surface area contributed by atoms with Gasteiger partial charge in [-0.15, -0.1) is 11.1 Å². The molecule has 2 heterocycles. The van der Waals surface area contributed by atoms with Crippen LogP contribution >= 0.6 is 9.53 Å². The Balaban J connectivity index is 0.00000246. The van der Waals surface area contributed by atoms with Crippen LogP contribution in [0.5, 0.6) is 0 Å². The molecule has 7 aromatic carbocycles. The van der Waals surface area contributed by atoms with Gasteiger partial charge in [0.05, 0.1) is 36.5 Å². The Hall–Kier alpha value is -4.67. The number of halogens is 1. The molecule has 9 rings (SSSR count). The van der Waals surface area contributed by atoms with Gasteiger partial charge >= 0.3 is 27.7 Å². The first-order valence-electron chi connectivity index (χ1n) is 20.9. The molecule has 0 amide bonds. The van der Waals surface area contributed by atoms with Gasteiger partial charge in [-0.2, -0.15) is 23.8 Å². The average molecular weight is 900 g/mol. The monoisotopic (exact) mass is 898 g/mol. The van der Waals surface area contributed by atoms with Crippen LogP contribution in [0.2, 0.25) is 0 Å². The van der Waals surface area contributed by atoms with Crippen LogP contribution in [0, 0.1) is 6.07 Å². The first-order chi connectivity index (χ1) is 29.4. The molecule has 0 spiro atoms. The van der Waals surface area contributed by atoms with Crippen molar-refractivity contribution in [2.24, 2.45) is 0 Å². The van der Waals surface area contributed by atoms with Crippen molar-refractivity contribution in [3.63, 3.8) is 0 Å². The van der Waals surface area contributed by atoms with E-state index in [0.717, 1.165) is 13.1 Å². The van der Waals surface area contributed by atoms with Gasteiger partial charge in [0.2, 0.25) is 0 Å². The first-order valence-corrected chi connectivity index (χ1v) is 22.9. The van der Waals surface area contributed by atoms with Gasteiger partial charge in [-0.05, 0) is 38.8 Å². The average Bonchev–Trinajstić information content (AvgIpc) is 3.87. The number of hydrogen-bond acceptors (Lipinski definition) is 4. The van der Waals surface area contributed by atoms with Crippen molar-refractivity contribution in [2.45, 2.75) is 75.8 Å². The Morgan fingerprint density at radius 1 is 0.467 bits per heavy atom. The van der Waals surface area contributed by atoms with Crippen molar-refractivity contribution < 1.29 is 18.2 Å². The molecule has 0 aliphatic carbocycles. The molecular formula is C54H53ClN4Pd. The Kier molecular flexibility index (Phi) is 13.6. The van der Waals surface area contributed by atoms with E-state index in [1.165, 1.54) is 50.1 Å². The molecule has 2 fully saturated rings. The molecule has 60 heavy (non-hydrogen) atoms. The van der Waals surface area contributed by atoms with Crippen LogP contribution in [-0.4, -0.2) is 9.80 Å². The van der Waals surface area contributed by atoms with E-state index in [9.17, 15) is 0 Å². The third-order valence-electron chi connectivity index (χ3n) is 12.1. The maximum absolute atomic E-state index is 4.49. The summed E-state index contributed by atoms with van der Waals surface area (Å²) in [6.07, 6.45) is -0.203. The van der Waals surface area contributed by atoms with E-state index in [0.29, 0.717) is 0 Å². The summed E-state index contributed by atoms with van der Waals surface area (Å²) in [6.45, 7) is 8.59. The van der Waals surface area contributed by atoms with Crippen molar-refractivity contribution in [1.82, 2.24) is 20.4 Å². The van der Waals surface area contributed by atoms with Crippen molar-refractivity contribution in [3.05, 3.63) is 250 Å². The predicted octanol–water partition coefficient (Wildman–Crippen LogP) is 12.6. The summed E-state index contributed by atoms with van der Waals surface area (Å²) in [5.41, 5.74) is 11.3. The minimum atomic E-state index is -0.101. The predicted molar refractivity (Wildman–Crippen MR) is 242 cm³/mol. The van der Waals surface area contributed by atoms with E-state index < -0.39 is 0 Å². The van der Waals surface area contributed by atoms with E-state index >= 15 is 0 Å². The Morgan fingerprint density at radius 3 is 1.08 bits per heavy atom. The van der Waals surface area contributed by atoms with Gasteiger partial charge < -0.3 is 0 Å². The molecule has 2 aliphatic rings. The summed E-state index contributed by atoms with van der Waals surface area (Å²) in [4.78, 5) is 5.35. The Morgan fingerprint density at radius 2 is 0.767 bits per heavy atom. The standard InChI is InChI=1S/C54H53N4.ClH.Pd/c1-54(2,3)47-35-45(52-55-48(41-26-14-6-15-27-41)50(43-30-18-8-19-31-43)57(52)37-39-22-10-4-11-23-39)34-46(36-47)53-56-49(42-28-16-7-17-29-42)51(44-32-20-9-21-33-44)58(53)38-40-24-12-5-13-25-40;;/h4-33,35-36,48-53,55-56H,37-38H2,1-3H3;1H;/q-1;;+2/p-1/t48-,49-,50-,51-,52?,53?;;/m1../s1. The second-order valence-corrected chi connectivity index (χ2v) is 17.0. The fraction of sp³-hybridized carbons (Fsp3) is 0.222. The number of hydrogen-bond donors (Lipinski definition) is 2. The fourth-order valence-corrected chi connectivity index (χ4v) is 9.21. The number of benzene rings is 7.